The molecule has 3 heteroatoms. The van der Waals surface area contributed by atoms with Crippen LogP contribution in [-0.4, -0.2) is 9.67 Å². The van der Waals surface area contributed by atoms with E-state index in [9.17, 15) is 0 Å². The lowest BCUT2D eigenvalue weighted by Gasteiger charge is -2.03. The van der Waals surface area contributed by atoms with E-state index in [0.29, 0.717) is 0 Å². The highest BCUT2D eigenvalue weighted by atomic mass is 35.5. The van der Waals surface area contributed by atoms with Crippen molar-refractivity contribution in [3.05, 3.63) is 58.9 Å². The molecule has 0 aliphatic carbocycles. The molecule has 2 rings (SSSR count). The van der Waals surface area contributed by atoms with Gasteiger partial charge in [0, 0.05) is 24.0 Å². The van der Waals surface area contributed by atoms with E-state index < -0.39 is 0 Å². The minimum Gasteiger partial charge on any atom is -0.392 e. The fourth-order valence-electron chi connectivity index (χ4n) is 1.53. The molecule has 1 N–H and O–H groups in total. The summed E-state index contributed by atoms with van der Waals surface area (Å²) in [7, 11) is 0. The third-order valence-electron chi connectivity index (χ3n) is 2.25. The van der Waals surface area contributed by atoms with Crippen LogP contribution >= 0.6 is 11.6 Å². The molecule has 0 saturated heterocycles. The van der Waals surface area contributed by atoms with Crippen LogP contribution in [0.5, 0.6) is 0 Å². The Bertz CT molecular complexity index is 450. The number of rotatable bonds is 3. The maximum atomic E-state index is 8.93. The highest BCUT2D eigenvalue weighted by Gasteiger charge is 1.97. The molecular weight excluding hydrogens is 210 g/mol. The number of halogens is 1. The zero-order chi connectivity index (χ0) is 10.7. The average molecular weight is 222 g/mol. The van der Waals surface area contributed by atoms with Gasteiger partial charge in [-0.25, -0.2) is 0 Å². The first kappa shape index (κ1) is 10.3. The Hall–Kier alpha value is -1.25. The summed E-state index contributed by atoms with van der Waals surface area (Å²) in [6.45, 7) is 0.864. The minimum absolute atomic E-state index is 0.0859. The second-order valence-corrected chi connectivity index (χ2v) is 3.92. The van der Waals surface area contributed by atoms with Crippen molar-refractivity contribution in [1.29, 1.82) is 0 Å². The van der Waals surface area contributed by atoms with Gasteiger partial charge in [0.25, 0.3) is 0 Å². The average Bonchev–Trinajstić information content (AvgIpc) is 2.65. The van der Waals surface area contributed by atoms with Gasteiger partial charge in [0.2, 0.25) is 0 Å². The summed E-state index contributed by atoms with van der Waals surface area (Å²) in [5, 5.41) is 9.68. The Morgan fingerprint density at radius 3 is 2.73 bits per heavy atom. The standard InChI is InChI=1S/C12H12ClNO/c13-12-3-1-2-10(6-12)7-14-5-4-11(8-14)9-15/h1-6,8,15H,7,9H2. The predicted molar refractivity (Wildman–Crippen MR) is 60.9 cm³/mol. The molecule has 1 aromatic heterocycles. The Balaban J connectivity index is 2.14. The first-order valence-corrected chi connectivity index (χ1v) is 5.15. The number of hydrogen-bond acceptors (Lipinski definition) is 1. The number of hydrogen-bond donors (Lipinski definition) is 1. The minimum atomic E-state index is 0.0859. The number of aromatic nitrogens is 1. The van der Waals surface area contributed by atoms with Crippen molar-refractivity contribution in [2.75, 3.05) is 0 Å². The number of benzene rings is 1. The molecule has 0 bridgehead atoms. The fraction of sp³-hybridized carbons (Fsp3) is 0.167. The van der Waals surface area contributed by atoms with Crippen LogP contribution in [0.4, 0.5) is 0 Å². The van der Waals surface area contributed by atoms with E-state index in [1.54, 1.807) is 0 Å². The summed E-state index contributed by atoms with van der Waals surface area (Å²) < 4.78 is 2.03. The third kappa shape index (κ3) is 2.61. The van der Waals surface area contributed by atoms with Gasteiger partial charge in [-0.2, -0.15) is 0 Å². The predicted octanol–water partition coefficient (Wildman–Crippen LogP) is 2.68. The summed E-state index contributed by atoms with van der Waals surface area (Å²) in [4.78, 5) is 0. The van der Waals surface area contributed by atoms with Crippen molar-refractivity contribution in [1.82, 2.24) is 4.57 Å². The van der Waals surface area contributed by atoms with E-state index in [0.717, 1.165) is 22.7 Å². The van der Waals surface area contributed by atoms with Crippen LogP contribution in [0.15, 0.2) is 42.7 Å². The molecule has 15 heavy (non-hydrogen) atoms. The molecule has 0 radical (unpaired) electrons. The lowest BCUT2D eigenvalue weighted by molar-refractivity contribution is 0.282. The lowest BCUT2D eigenvalue weighted by Crippen LogP contribution is -1.95. The second kappa shape index (κ2) is 4.51. The van der Waals surface area contributed by atoms with Crippen LogP contribution in [0, 0.1) is 0 Å². The SMILES string of the molecule is OCc1ccn(Cc2cccc(Cl)c2)c1. The summed E-state index contributed by atoms with van der Waals surface area (Å²) >= 11 is 5.89. The monoisotopic (exact) mass is 221 g/mol. The molecular formula is C12H12ClNO. The molecule has 2 nitrogen and oxygen atoms in total. The van der Waals surface area contributed by atoms with Gasteiger partial charge in [0.15, 0.2) is 0 Å². The van der Waals surface area contributed by atoms with Crippen molar-refractivity contribution in [2.24, 2.45) is 0 Å². The normalized spacial score (nSPS) is 10.5. The van der Waals surface area contributed by atoms with Crippen LogP contribution in [0.1, 0.15) is 11.1 Å². The Morgan fingerprint density at radius 2 is 2.07 bits per heavy atom. The molecule has 2 aromatic rings. The van der Waals surface area contributed by atoms with Crippen LogP contribution in [0.3, 0.4) is 0 Å². The zero-order valence-electron chi connectivity index (χ0n) is 8.23. The van der Waals surface area contributed by atoms with E-state index in [1.807, 2.05) is 47.3 Å². The molecule has 1 aromatic carbocycles. The molecule has 0 spiro atoms. The van der Waals surface area contributed by atoms with Crippen molar-refractivity contribution >= 4 is 11.6 Å². The summed E-state index contributed by atoms with van der Waals surface area (Å²) in [5.41, 5.74) is 2.08. The van der Waals surface area contributed by atoms with Crippen LogP contribution in [-0.2, 0) is 13.2 Å². The summed E-state index contributed by atoms with van der Waals surface area (Å²) in [6, 6.07) is 9.68. The molecule has 0 aliphatic rings. The quantitative estimate of drug-likeness (QED) is 0.847. The van der Waals surface area contributed by atoms with Gasteiger partial charge in [0.1, 0.15) is 0 Å². The highest BCUT2D eigenvalue weighted by molar-refractivity contribution is 6.30. The zero-order valence-corrected chi connectivity index (χ0v) is 8.98. The molecule has 0 amide bonds. The summed E-state index contributed by atoms with van der Waals surface area (Å²) in [5.74, 6) is 0. The largest absolute Gasteiger partial charge is 0.392 e. The van der Waals surface area contributed by atoms with E-state index in [1.165, 1.54) is 0 Å². The molecule has 78 valence electrons. The Kier molecular flexibility index (Phi) is 3.09. The van der Waals surface area contributed by atoms with E-state index >= 15 is 0 Å². The first-order valence-electron chi connectivity index (χ1n) is 4.78. The third-order valence-corrected chi connectivity index (χ3v) is 2.48. The smallest absolute Gasteiger partial charge is 0.0696 e. The maximum Gasteiger partial charge on any atom is 0.0696 e. The van der Waals surface area contributed by atoms with Crippen LogP contribution in [0.25, 0.3) is 0 Å². The van der Waals surface area contributed by atoms with Gasteiger partial charge in [-0.05, 0) is 29.3 Å². The van der Waals surface area contributed by atoms with Crippen molar-refractivity contribution < 1.29 is 5.11 Å². The molecule has 0 unspecified atom stereocenters. The molecule has 1 heterocycles. The lowest BCUT2D eigenvalue weighted by atomic mass is 10.2. The van der Waals surface area contributed by atoms with E-state index in [4.69, 9.17) is 16.7 Å². The molecule has 0 fully saturated rings. The number of aliphatic hydroxyl groups is 1. The Morgan fingerprint density at radius 1 is 1.20 bits per heavy atom. The molecule has 0 saturated carbocycles. The van der Waals surface area contributed by atoms with Gasteiger partial charge < -0.3 is 9.67 Å². The van der Waals surface area contributed by atoms with Gasteiger partial charge in [-0.15, -0.1) is 0 Å². The van der Waals surface area contributed by atoms with Crippen molar-refractivity contribution in [3.63, 3.8) is 0 Å². The van der Waals surface area contributed by atoms with Crippen molar-refractivity contribution in [3.8, 4) is 0 Å². The topological polar surface area (TPSA) is 25.2 Å². The molecule has 0 atom stereocenters. The van der Waals surface area contributed by atoms with Crippen LogP contribution in [0.2, 0.25) is 5.02 Å². The first-order chi connectivity index (χ1) is 7.28. The second-order valence-electron chi connectivity index (χ2n) is 3.48. The summed E-state index contributed by atoms with van der Waals surface area (Å²) in [6.07, 6.45) is 3.88. The molecule has 0 aliphatic heterocycles. The van der Waals surface area contributed by atoms with Gasteiger partial charge in [-0.1, -0.05) is 23.7 Å². The van der Waals surface area contributed by atoms with Gasteiger partial charge >= 0.3 is 0 Å². The fourth-order valence-corrected chi connectivity index (χ4v) is 1.74. The van der Waals surface area contributed by atoms with E-state index in [-0.39, 0.29) is 6.61 Å². The van der Waals surface area contributed by atoms with Gasteiger partial charge in [-0.3, -0.25) is 0 Å². The number of aliphatic hydroxyl groups excluding tert-OH is 1. The van der Waals surface area contributed by atoms with Gasteiger partial charge in [0.05, 0.1) is 6.61 Å². The highest BCUT2D eigenvalue weighted by Crippen LogP contribution is 2.12. The maximum absolute atomic E-state index is 8.93. The van der Waals surface area contributed by atoms with Crippen molar-refractivity contribution in [2.45, 2.75) is 13.2 Å². The number of nitrogens with zero attached hydrogens (tertiary/aromatic N) is 1. The Labute approximate surface area is 93.7 Å². The van der Waals surface area contributed by atoms with Crippen LogP contribution < -0.4 is 0 Å². The van der Waals surface area contributed by atoms with E-state index in [2.05, 4.69) is 0 Å².